The lowest BCUT2D eigenvalue weighted by Gasteiger charge is -2.35. The largest absolute Gasteiger partial charge is 0.326 e. The van der Waals surface area contributed by atoms with Crippen molar-refractivity contribution in [1.29, 1.82) is 0 Å². The molecule has 0 aromatic rings. The van der Waals surface area contributed by atoms with Gasteiger partial charge in [-0.2, -0.15) is 0 Å². The van der Waals surface area contributed by atoms with Crippen LogP contribution in [0.3, 0.4) is 0 Å². The third kappa shape index (κ3) is 3.72. The molecule has 0 radical (unpaired) electrons. The van der Waals surface area contributed by atoms with E-state index in [-0.39, 0.29) is 37.2 Å². The maximum absolute atomic E-state index is 5.88. The highest BCUT2D eigenvalue weighted by Gasteiger charge is 2.32. The molecule has 88 valence electrons. The van der Waals surface area contributed by atoms with Gasteiger partial charge in [-0.1, -0.05) is 0 Å². The second kappa shape index (κ2) is 7.09. The smallest absolute Gasteiger partial charge is 0.0239 e. The van der Waals surface area contributed by atoms with Crippen LogP contribution in [0.4, 0.5) is 0 Å². The zero-order valence-corrected chi connectivity index (χ0v) is 10.8. The monoisotopic (exact) mass is 263 g/mol. The SMILES string of the molecule is CN1CCN2C[C@@H](N)C[C@H]2C1.Cl.Cl.Cl. The fraction of sp³-hybridized carbons (Fsp3) is 1.00. The molecule has 0 bridgehead atoms. The first-order chi connectivity index (χ1) is 5.25. The molecule has 3 nitrogen and oxygen atoms in total. The molecule has 2 aliphatic heterocycles. The van der Waals surface area contributed by atoms with E-state index in [0.717, 1.165) is 12.6 Å². The van der Waals surface area contributed by atoms with E-state index in [4.69, 9.17) is 5.73 Å². The lowest BCUT2D eigenvalue weighted by molar-refractivity contribution is 0.124. The van der Waals surface area contributed by atoms with E-state index < -0.39 is 0 Å². The number of hydrogen-bond acceptors (Lipinski definition) is 3. The van der Waals surface area contributed by atoms with Crippen LogP contribution in [0.15, 0.2) is 0 Å². The van der Waals surface area contributed by atoms with Gasteiger partial charge in [-0.3, -0.25) is 4.90 Å². The Morgan fingerprint density at radius 2 is 1.71 bits per heavy atom. The first kappa shape index (κ1) is 17.2. The van der Waals surface area contributed by atoms with Crippen molar-refractivity contribution in [3.8, 4) is 0 Å². The zero-order chi connectivity index (χ0) is 7.84. The van der Waals surface area contributed by atoms with Gasteiger partial charge >= 0.3 is 0 Å². The summed E-state index contributed by atoms with van der Waals surface area (Å²) in [4.78, 5) is 4.93. The molecule has 0 aromatic carbocycles. The molecule has 2 rings (SSSR count). The van der Waals surface area contributed by atoms with Gasteiger partial charge < -0.3 is 10.6 Å². The Labute approximate surface area is 105 Å². The van der Waals surface area contributed by atoms with Crippen LogP contribution < -0.4 is 5.73 Å². The number of nitrogens with zero attached hydrogens (tertiary/aromatic N) is 2. The number of hydrogen-bond donors (Lipinski definition) is 1. The Morgan fingerprint density at radius 3 is 2.36 bits per heavy atom. The maximum Gasteiger partial charge on any atom is 0.0239 e. The van der Waals surface area contributed by atoms with E-state index in [1.165, 1.54) is 26.1 Å². The first-order valence-electron chi connectivity index (χ1n) is 4.44. The Balaban J connectivity index is 0. The van der Waals surface area contributed by atoms with Crippen LogP contribution in [0.5, 0.6) is 0 Å². The van der Waals surface area contributed by atoms with Gasteiger partial charge in [-0.15, -0.1) is 37.2 Å². The molecule has 0 aliphatic carbocycles. The molecule has 2 N–H and O–H groups in total. The van der Waals surface area contributed by atoms with Crippen molar-refractivity contribution in [3.63, 3.8) is 0 Å². The molecule has 0 unspecified atom stereocenters. The van der Waals surface area contributed by atoms with Crippen molar-refractivity contribution in [2.75, 3.05) is 33.2 Å². The lowest BCUT2D eigenvalue weighted by Crippen LogP contribution is -2.48. The molecule has 2 atom stereocenters. The van der Waals surface area contributed by atoms with Crippen molar-refractivity contribution in [3.05, 3.63) is 0 Å². The molecule has 2 fully saturated rings. The van der Waals surface area contributed by atoms with Crippen molar-refractivity contribution < 1.29 is 0 Å². The quantitative estimate of drug-likeness (QED) is 0.695. The molecule has 14 heavy (non-hydrogen) atoms. The highest BCUT2D eigenvalue weighted by Crippen LogP contribution is 2.19. The highest BCUT2D eigenvalue weighted by atomic mass is 35.5. The van der Waals surface area contributed by atoms with Crippen molar-refractivity contribution in [2.24, 2.45) is 5.73 Å². The molecule has 0 aromatic heterocycles. The number of fused-ring (bicyclic) bond motifs is 1. The van der Waals surface area contributed by atoms with Crippen molar-refractivity contribution >= 4 is 37.2 Å². The summed E-state index contributed by atoms with van der Waals surface area (Å²) in [6, 6.07) is 1.19. The number of rotatable bonds is 0. The standard InChI is InChI=1S/C8H17N3.3ClH/c1-10-2-3-11-5-7(9)4-8(11)6-10;;;/h7-8H,2-6,9H2,1H3;3*1H/t7-,8-;;;/m0.../s1. The summed E-state index contributed by atoms with van der Waals surface area (Å²) in [5.74, 6) is 0. The summed E-state index contributed by atoms with van der Waals surface area (Å²) in [7, 11) is 2.20. The first-order valence-corrected chi connectivity index (χ1v) is 4.44. The molecule has 0 spiro atoms. The lowest BCUT2D eigenvalue weighted by atomic mass is 10.1. The topological polar surface area (TPSA) is 32.5 Å². The Hall–Kier alpha value is 0.750. The van der Waals surface area contributed by atoms with E-state index in [1.54, 1.807) is 0 Å². The number of piperazine rings is 1. The van der Waals surface area contributed by atoms with Crippen molar-refractivity contribution in [1.82, 2.24) is 9.80 Å². The predicted molar refractivity (Wildman–Crippen MR) is 67.2 cm³/mol. The summed E-state index contributed by atoms with van der Waals surface area (Å²) in [5.41, 5.74) is 5.88. The van der Waals surface area contributed by atoms with Crippen LogP contribution >= 0.6 is 37.2 Å². The predicted octanol–water partition coefficient (Wildman–Crippen LogP) is 0.599. The van der Waals surface area contributed by atoms with E-state index in [1.807, 2.05) is 0 Å². The van der Waals surface area contributed by atoms with Crippen LogP contribution in [0.25, 0.3) is 0 Å². The Bertz CT molecular complexity index is 159. The van der Waals surface area contributed by atoms with E-state index >= 15 is 0 Å². The van der Waals surface area contributed by atoms with Gasteiger partial charge in [0.25, 0.3) is 0 Å². The van der Waals surface area contributed by atoms with Crippen LogP contribution in [0.2, 0.25) is 0 Å². The van der Waals surface area contributed by atoms with E-state index in [9.17, 15) is 0 Å². The second-order valence-corrected chi connectivity index (χ2v) is 3.91. The second-order valence-electron chi connectivity index (χ2n) is 3.91. The minimum Gasteiger partial charge on any atom is -0.326 e. The van der Waals surface area contributed by atoms with Gasteiger partial charge in [-0.05, 0) is 13.5 Å². The summed E-state index contributed by atoms with van der Waals surface area (Å²) in [6.07, 6.45) is 1.20. The average molecular weight is 265 g/mol. The minimum atomic E-state index is 0. The summed E-state index contributed by atoms with van der Waals surface area (Å²) < 4.78 is 0. The fourth-order valence-electron chi connectivity index (χ4n) is 2.24. The van der Waals surface area contributed by atoms with Gasteiger partial charge in [0.15, 0.2) is 0 Å². The van der Waals surface area contributed by atoms with Gasteiger partial charge in [0.1, 0.15) is 0 Å². The molecule has 6 heteroatoms. The molecule has 2 aliphatic rings. The van der Waals surface area contributed by atoms with E-state index in [2.05, 4.69) is 16.8 Å². The van der Waals surface area contributed by atoms with Gasteiger partial charge in [0, 0.05) is 38.3 Å². The minimum absolute atomic E-state index is 0. The maximum atomic E-state index is 5.88. The zero-order valence-electron chi connectivity index (χ0n) is 8.39. The third-order valence-electron chi connectivity index (χ3n) is 2.85. The Morgan fingerprint density at radius 1 is 1.07 bits per heavy atom. The highest BCUT2D eigenvalue weighted by molar-refractivity contribution is 5.86. The summed E-state index contributed by atoms with van der Waals surface area (Å²) >= 11 is 0. The van der Waals surface area contributed by atoms with Gasteiger partial charge in [-0.25, -0.2) is 0 Å². The normalized spacial score (nSPS) is 32.1. The molecule has 0 saturated carbocycles. The Kier molecular flexibility index (Phi) is 8.69. The molecular weight excluding hydrogens is 244 g/mol. The molecule has 0 amide bonds. The molecule has 2 heterocycles. The van der Waals surface area contributed by atoms with Crippen LogP contribution in [-0.4, -0.2) is 55.1 Å². The number of nitrogens with two attached hydrogens (primary N) is 1. The van der Waals surface area contributed by atoms with Crippen molar-refractivity contribution in [2.45, 2.75) is 18.5 Å². The fourth-order valence-corrected chi connectivity index (χ4v) is 2.24. The van der Waals surface area contributed by atoms with Crippen LogP contribution in [0, 0.1) is 0 Å². The summed E-state index contributed by atoms with van der Waals surface area (Å²) in [5, 5.41) is 0. The molecular formula is C8H20Cl3N3. The molecule has 2 saturated heterocycles. The summed E-state index contributed by atoms with van der Waals surface area (Å²) in [6.45, 7) is 4.77. The van der Waals surface area contributed by atoms with Crippen LogP contribution in [-0.2, 0) is 0 Å². The van der Waals surface area contributed by atoms with E-state index in [0.29, 0.717) is 6.04 Å². The van der Waals surface area contributed by atoms with Gasteiger partial charge in [0.05, 0.1) is 0 Å². The van der Waals surface area contributed by atoms with Crippen LogP contribution in [0.1, 0.15) is 6.42 Å². The average Bonchev–Trinajstić information content (AvgIpc) is 2.27. The third-order valence-corrected chi connectivity index (χ3v) is 2.85. The number of likely N-dealkylation sites (N-methyl/N-ethyl adjacent to an activating group) is 1. The van der Waals surface area contributed by atoms with Gasteiger partial charge in [0.2, 0.25) is 0 Å². The number of halogens is 3.